The Morgan fingerprint density at radius 2 is 1.79 bits per heavy atom. The molecule has 0 N–H and O–H groups in total. The first-order valence-corrected chi connectivity index (χ1v) is 7.70. The van der Waals surface area contributed by atoms with Crippen molar-refractivity contribution in [2.45, 2.75) is 79.1 Å². The molecule has 0 saturated heterocycles. The summed E-state index contributed by atoms with van der Waals surface area (Å²) >= 11 is 0. The van der Waals surface area contributed by atoms with Crippen LogP contribution in [0.2, 0.25) is 0 Å². The van der Waals surface area contributed by atoms with Crippen molar-refractivity contribution in [3.63, 3.8) is 0 Å². The zero-order valence-corrected chi connectivity index (χ0v) is 13.6. The highest BCUT2D eigenvalue weighted by atomic mass is 14.9. The highest BCUT2D eigenvalue weighted by molar-refractivity contribution is 5.18. The maximum absolute atomic E-state index is 4.76. The van der Waals surface area contributed by atoms with Gasteiger partial charge < -0.3 is 0 Å². The van der Waals surface area contributed by atoms with Crippen LogP contribution in [0.3, 0.4) is 0 Å². The Kier molecular flexibility index (Phi) is 5.96. The molecule has 0 aliphatic carbocycles. The van der Waals surface area contributed by atoms with E-state index in [0.29, 0.717) is 5.92 Å². The minimum Gasteiger partial charge on any atom is -0.238 e. The normalized spacial score (nSPS) is 12.2. The van der Waals surface area contributed by atoms with Gasteiger partial charge in [-0.3, -0.25) is 0 Å². The van der Waals surface area contributed by atoms with Crippen molar-refractivity contribution in [1.82, 2.24) is 9.97 Å². The fraction of sp³-hybridized carbons (Fsp3) is 0.765. The van der Waals surface area contributed by atoms with E-state index in [-0.39, 0.29) is 5.41 Å². The minimum absolute atomic E-state index is 0.105. The molecule has 19 heavy (non-hydrogen) atoms. The summed E-state index contributed by atoms with van der Waals surface area (Å²) in [5.41, 5.74) is 2.52. The van der Waals surface area contributed by atoms with Gasteiger partial charge in [-0.2, -0.15) is 0 Å². The molecule has 0 aliphatic rings. The Hall–Kier alpha value is -0.920. The van der Waals surface area contributed by atoms with Crippen molar-refractivity contribution in [2.75, 3.05) is 0 Å². The first-order valence-electron chi connectivity index (χ1n) is 7.70. The lowest BCUT2D eigenvalue weighted by Crippen LogP contribution is -2.17. The summed E-state index contributed by atoms with van der Waals surface area (Å²) in [6.07, 6.45) is 5.85. The number of aromatic nitrogens is 2. The summed E-state index contributed by atoms with van der Waals surface area (Å²) < 4.78 is 0. The summed E-state index contributed by atoms with van der Waals surface area (Å²) in [7, 11) is 0. The second-order valence-corrected chi connectivity index (χ2v) is 6.97. The summed E-state index contributed by atoms with van der Waals surface area (Å²) in [5.74, 6) is 1.63. The fourth-order valence-corrected chi connectivity index (χ4v) is 2.08. The van der Waals surface area contributed by atoms with Crippen molar-refractivity contribution in [3.8, 4) is 0 Å². The van der Waals surface area contributed by atoms with E-state index in [1.54, 1.807) is 0 Å². The second kappa shape index (κ2) is 7.02. The Labute approximate surface area is 119 Å². The lowest BCUT2D eigenvalue weighted by Gasteiger charge is -2.20. The largest absolute Gasteiger partial charge is 0.238 e. The molecule has 1 heterocycles. The van der Waals surface area contributed by atoms with Gasteiger partial charge in [0.15, 0.2) is 0 Å². The third-order valence-corrected chi connectivity index (χ3v) is 3.22. The van der Waals surface area contributed by atoms with Crippen LogP contribution >= 0.6 is 0 Å². The fourth-order valence-electron chi connectivity index (χ4n) is 2.08. The Morgan fingerprint density at radius 3 is 2.32 bits per heavy atom. The molecule has 0 radical (unpaired) electrons. The predicted molar refractivity (Wildman–Crippen MR) is 82.5 cm³/mol. The first kappa shape index (κ1) is 16.1. The molecule has 108 valence electrons. The van der Waals surface area contributed by atoms with E-state index in [9.17, 15) is 0 Å². The quantitative estimate of drug-likeness (QED) is 0.694. The van der Waals surface area contributed by atoms with Crippen LogP contribution in [0.4, 0.5) is 0 Å². The van der Waals surface area contributed by atoms with Crippen LogP contribution in [-0.2, 0) is 18.3 Å². The molecule has 0 atom stereocenters. The van der Waals surface area contributed by atoms with Gasteiger partial charge in [-0.05, 0) is 24.8 Å². The van der Waals surface area contributed by atoms with E-state index in [0.717, 1.165) is 18.7 Å². The topological polar surface area (TPSA) is 25.8 Å². The molecule has 0 bridgehead atoms. The second-order valence-electron chi connectivity index (χ2n) is 6.97. The molecule has 1 aromatic rings. The molecule has 1 rings (SSSR count). The summed E-state index contributed by atoms with van der Waals surface area (Å²) in [4.78, 5) is 9.51. The van der Waals surface area contributed by atoms with Crippen molar-refractivity contribution in [3.05, 3.63) is 23.3 Å². The first-order chi connectivity index (χ1) is 8.82. The lowest BCUT2D eigenvalue weighted by molar-refractivity contribution is 0.546. The summed E-state index contributed by atoms with van der Waals surface area (Å²) in [6.45, 7) is 13.4. The lowest BCUT2D eigenvalue weighted by atomic mass is 9.91. The van der Waals surface area contributed by atoms with Crippen molar-refractivity contribution in [2.24, 2.45) is 5.92 Å². The zero-order chi connectivity index (χ0) is 14.5. The van der Waals surface area contributed by atoms with Crippen molar-refractivity contribution < 1.29 is 0 Å². The average Bonchev–Trinajstić information content (AvgIpc) is 2.27. The van der Waals surface area contributed by atoms with E-state index in [1.807, 2.05) is 0 Å². The van der Waals surface area contributed by atoms with E-state index < -0.39 is 0 Å². The van der Waals surface area contributed by atoms with Gasteiger partial charge in [0.2, 0.25) is 0 Å². The molecular formula is C17H30N2. The summed E-state index contributed by atoms with van der Waals surface area (Å²) in [5, 5.41) is 0. The van der Waals surface area contributed by atoms with E-state index in [2.05, 4.69) is 47.6 Å². The molecular weight excluding hydrogens is 232 g/mol. The number of rotatable bonds is 6. The highest BCUT2D eigenvalue weighted by Crippen LogP contribution is 2.22. The zero-order valence-electron chi connectivity index (χ0n) is 13.6. The molecule has 0 aliphatic heterocycles. The van der Waals surface area contributed by atoms with Crippen LogP contribution in [0.25, 0.3) is 0 Å². The Balaban J connectivity index is 2.95. The van der Waals surface area contributed by atoms with Crippen LogP contribution in [0, 0.1) is 5.92 Å². The van der Waals surface area contributed by atoms with Gasteiger partial charge in [0, 0.05) is 23.2 Å². The van der Waals surface area contributed by atoms with Crippen LogP contribution in [-0.4, -0.2) is 9.97 Å². The third kappa shape index (κ3) is 5.71. The van der Waals surface area contributed by atoms with Crippen LogP contribution < -0.4 is 0 Å². The Morgan fingerprint density at radius 1 is 1.11 bits per heavy atom. The van der Waals surface area contributed by atoms with Gasteiger partial charge in [-0.15, -0.1) is 0 Å². The smallest absolute Gasteiger partial charge is 0.129 e. The van der Waals surface area contributed by atoms with Crippen molar-refractivity contribution >= 4 is 0 Å². The maximum atomic E-state index is 4.76. The molecule has 0 fully saturated rings. The minimum atomic E-state index is 0.105. The number of nitrogens with zero attached hydrogens (tertiary/aromatic N) is 2. The van der Waals surface area contributed by atoms with Gasteiger partial charge in [0.05, 0.1) is 0 Å². The van der Waals surface area contributed by atoms with Crippen LogP contribution in [0.5, 0.6) is 0 Å². The van der Waals surface area contributed by atoms with Gasteiger partial charge in [0.1, 0.15) is 5.82 Å². The number of unbranched alkanes of at least 4 members (excludes halogenated alkanes) is 2. The van der Waals surface area contributed by atoms with Gasteiger partial charge in [-0.25, -0.2) is 9.97 Å². The third-order valence-electron chi connectivity index (χ3n) is 3.22. The predicted octanol–water partition coefficient (Wildman–Crippen LogP) is 4.71. The maximum Gasteiger partial charge on any atom is 0.129 e. The highest BCUT2D eigenvalue weighted by Gasteiger charge is 2.18. The molecule has 0 saturated carbocycles. The average molecular weight is 262 g/mol. The standard InChI is InChI=1S/C17H30N2/c1-7-8-9-10-14-12-15(17(4,5)6)19-16(18-14)11-13(2)3/h12-13H,7-11H2,1-6H3. The van der Waals surface area contributed by atoms with Crippen molar-refractivity contribution in [1.29, 1.82) is 0 Å². The Bertz CT molecular complexity index is 389. The summed E-state index contributed by atoms with van der Waals surface area (Å²) in [6, 6.07) is 2.21. The number of aryl methyl sites for hydroxylation is 1. The molecule has 2 nitrogen and oxygen atoms in total. The molecule has 0 aromatic carbocycles. The van der Waals surface area contributed by atoms with E-state index >= 15 is 0 Å². The number of hydrogen-bond donors (Lipinski definition) is 0. The molecule has 0 unspecified atom stereocenters. The SMILES string of the molecule is CCCCCc1cc(C(C)(C)C)nc(CC(C)C)n1. The van der Waals surface area contributed by atoms with Gasteiger partial charge in [0.25, 0.3) is 0 Å². The number of hydrogen-bond acceptors (Lipinski definition) is 2. The molecule has 0 spiro atoms. The van der Waals surface area contributed by atoms with E-state index in [1.165, 1.54) is 30.7 Å². The molecule has 0 amide bonds. The van der Waals surface area contributed by atoms with E-state index in [4.69, 9.17) is 9.97 Å². The molecule has 1 aromatic heterocycles. The van der Waals surface area contributed by atoms with Gasteiger partial charge >= 0.3 is 0 Å². The monoisotopic (exact) mass is 262 g/mol. The molecule has 2 heteroatoms. The van der Waals surface area contributed by atoms with Gasteiger partial charge in [-0.1, -0.05) is 54.4 Å². The van der Waals surface area contributed by atoms with Crippen LogP contribution in [0.15, 0.2) is 6.07 Å². The van der Waals surface area contributed by atoms with Crippen LogP contribution in [0.1, 0.15) is 78.0 Å².